The van der Waals surface area contributed by atoms with Gasteiger partial charge < -0.3 is 14.8 Å². The molecule has 0 saturated carbocycles. The van der Waals surface area contributed by atoms with Crippen molar-refractivity contribution in [1.29, 1.82) is 0 Å². The van der Waals surface area contributed by atoms with Crippen LogP contribution < -0.4 is 20.5 Å². The van der Waals surface area contributed by atoms with Gasteiger partial charge in [0.05, 0.1) is 20.4 Å². The lowest BCUT2D eigenvalue weighted by molar-refractivity contribution is -0.116. The van der Waals surface area contributed by atoms with Gasteiger partial charge in [0.2, 0.25) is 5.91 Å². The van der Waals surface area contributed by atoms with Crippen LogP contribution in [0.2, 0.25) is 0 Å². The Kier molecular flexibility index (Phi) is 5.29. The van der Waals surface area contributed by atoms with Crippen molar-refractivity contribution in [2.24, 2.45) is 0 Å². The van der Waals surface area contributed by atoms with Crippen molar-refractivity contribution in [2.45, 2.75) is 12.8 Å². The van der Waals surface area contributed by atoms with Crippen LogP contribution in [0, 0.1) is 5.82 Å². The van der Waals surface area contributed by atoms with Crippen LogP contribution in [0.1, 0.15) is 12.0 Å². The van der Waals surface area contributed by atoms with Gasteiger partial charge in [-0.3, -0.25) is 9.78 Å². The maximum absolute atomic E-state index is 13.4. The number of aryl methyl sites for hydroxylation is 1. The van der Waals surface area contributed by atoms with Crippen LogP contribution in [0.3, 0.4) is 0 Å². The second-order valence-electron chi connectivity index (χ2n) is 4.65. The van der Waals surface area contributed by atoms with Gasteiger partial charge in [0.25, 0.3) is 0 Å². The molecular weight excluding hydrogens is 305 g/mol. The first-order chi connectivity index (χ1) is 11.0. The molecule has 0 spiro atoms. The minimum atomic E-state index is -0.802. The third-order valence-corrected chi connectivity index (χ3v) is 3.12. The van der Waals surface area contributed by atoms with Gasteiger partial charge in [0, 0.05) is 6.42 Å². The highest BCUT2D eigenvalue weighted by Crippen LogP contribution is 2.27. The number of ether oxygens (including phenoxy) is 2. The zero-order chi connectivity index (χ0) is 16.8. The van der Waals surface area contributed by atoms with Crippen molar-refractivity contribution in [3.8, 4) is 11.5 Å². The minimum Gasteiger partial charge on any atom is -0.493 e. The Labute approximate surface area is 131 Å². The van der Waals surface area contributed by atoms with Gasteiger partial charge in [-0.05, 0) is 24.1 Å². The number of aromatic nitrogens is 2. The Bertz CT molecular complexity index is 761. The number of H-pyrrole nitrogens is 1. The fraction of sp³-hybridized carbons (Fsp3) is 0.267. The largest absolute Gasteiger partial charge is 0.493 e. The van der Waals surface area contributed by atoms with Crippen molar-refractivity contribution >= 4 is 11.7 Å². The van der Waals surface area contributed by atoms with E-state index in [9.17, 15) is 14.0 Å². The molecule has 0 aliphatic carbocycles. The Hall–Kier alpha value is -2.90. The van der Waals surface area contributed by atoms with Crippen LogP contribution in [0.15, 0.2) is 29.2 Å². The topological polar surface area (TPSA) is 93.3 Å². The summed E-state index contributed by atoms with van der Waals surface area (Å²) in [6.07, 6.45) is 1.28. The lowest BCUT2D eigenvalue weighted by atomic mass is 10.1. The van der Waals surface area contributed by atoms with Gasteiger partial charge in [-0.25, -0.2) is 9.18 Å². The van der Waals surface area contributed by atoms with E-state index in [-0.39, 0.29) is 12.2 Å². The Morgan fingerprint density at radius 3 is 2.74 bits per heavy atom. The first kappa shape index (κ1) is 16.5. The van der Waals surface area contributed by atoms with Crippen LogP contribution in [0.4, 0.5) is 10.2 Å². The van der Waals surface area contributed by atoms with E-state index >= 15 is 0 Å². The molecule has 2 rings (SSSR count). The summed E-state index contributed by atoms with van der Waals surface area (Å²) in [6.45, 7) is 0. The summed E-state index contributed by atoms with van der Waals surface area (Å²) in [5.74, 6) is -0.362. The van der Waals surface area contributed by atoms with Crippen LogP contribution in [-0.4, -0.2) is 30.1 Å². The summed E-state index contributed by atoms with van der Waals surface area (Å²) in [5.41, 5.74) is 0.128. The van der Waals surface area contributed by atoms with E-state index < -0.39 is 17.4 Å². The van der Waals surface area contributed by atoms with Gasteiger partial charge in [0.1, 0.15) is 0 Å². The van der Waals surface area contributed by atoms with Gasteiger partial charge in [-0.1, -0.05) is 6.07 Å². The number of methoxy groups -OCH3 is 2. The second-order valence-corrected chi connectivity index (χ2v) is 4.65. The maximum atomic E-state index is 13.4. The van der Waals surface area contributed by atoms with E-state index in [1.807, 2.05) is 6.07 Å². The molecule has 0 bridgehead atoms. The van der Waals surface area contributed by atoms with Gasteiger partial charge in [-0.2, -0.15) is 4.98 Å². The summed E-state index contributed by atoms with van der Waals surface area (Å²) >= 11 is 0. The van der Waals surface area contributed by atoms with E-state index in [2.05, 4.69) is 15.3 Å². The van der Waals surface area contributed by atoms with Crippen LogP contribution in [0.25, 0.3) is 0 Å². The van der Waals surface area contributed by atoms with Crippen LogP contribution in [0.5, 0.6) is 11.5 Å². The van der Waals surface area contributed by atoms with E-state index in [1.54, 1.807) is 12.1 Å². The highest BCUT2D eigenvalue weighted by atomic mass is 19.1. The molecule has 0 unspecified atom stereocenters. The normalized spacial score (nSPS) is 10.2. The fourth-order valence-corrected chi connectivity index (χ4v) is 1.97. The fourth-order valence-electron chi connectivity index (χ4n) is 1.97. The molecule has 0 aliphatic rings. The molecule has 7 nitrogen and oxygen atoms in total. The Morgan fingerprint density at radius 2 is 2.04 bits per heavy atom. The van der Waals surface area contributed by atoms with E-state index in [0.29, 0.717) is 17.9 Å². The first-order valence-corrected chi connectivity index (χ1v) is 6.79. The molecule has 23 heavy (non-hydrogen) atoms. The highest BCUT2D eigenvalue weighted by Gasteiger charge is 2.10. The maximum Gasteiger partial charge on any atom is 0.346 e. The monoisotopic (exact) mass is 321 g/mol. The van der Waals surface area contributed by atoms with Crippen molar-refractivity contribution in [2.75, 3.05) is 19.5 Å². The third-order valence-electron chi connectivity index (χ3n) is 3.12. The number of hydrogen-bond acceptors (Lipinski definition) is 5. The number of carbonyl (C=O) groups is 1. The lowest BCUT2D eigenvalue weighted by Crippen LogP contribution is -2.19. The second kappa shape index (κ2) is 7.39. The first-order valence-electron chi connectivity index (χ1n) is 6.79. The smallest absolute Gasteiger partial charge is 0.346 e. The van der Waals surface area contributed by atoms with Crippen molar-refractivity contribution in [1.82, 2.24) is 9.97 Å². The molecule has 0 fully saturated rings. The van der Waals surface area contributed by atoms with E-state index in [1.165, 1.54) is 14.2 Å². The molecule has 2 aromatic rings. The summed E-state index contributed by atoms with van der Waals surface area (Å²) in [5, 5.41) is 2.31. The Balaban J connectivity index is 1.99. The van der Waals surface area contributed by atoms with Crippen LogP contribution in [-0.2, 0) is 11.2 Å². The standard InChI is InChI=1S/C15H16FN3O4/c1-22-11-5-3-9(7-12(11)23-2)4-6-13(20)18-14-10(16)8-17-15(21)19-14/h3,5,7-8H,4,6H2,1-2H3,(H2,17,18,19,20,21). The van der Waals surface area contributed by atoms with Crippen molar-refractivity contribution in [3.05, 3.63) is 46.3 Å². The van der Waals surface area contributed by atoms with E-state index in [0.717, 1.165) is 11.8 Å². The number of anilines is 1. The summed E-state index contributed by atoms with van der Waals surface area (Å²) in [4.78, 5) is 28.2. The molecule has 1 heterocycles. The molecule has 1 aromatic carbocycles. The summed E-state index contributed by atoms with van der Waals surface area (Å²) in [6, 6.07) is 5.32. The third kappa shape index (κ3) is 4.29. The SMILES string of the molecule is COc1ccc(CCC(=O)Nc2[nH]c(=O)ncc2F)cc1OC. The predicted molar refractivity (Wildman–Crippen MR) is 81.3 cm³/mol. The number of nitrogens with zero attached hydrogens (tertiary/aromatic N) is 1. The number of amides is 1. The molecule has 2 N–H and O–H groups in total. The zero-order valence-corrected chi connectivity index (χ0v) is 12.7. The number of aromatic amines is 1. The lowest BCUT2D eigenvalue weighted by Gasteiger charge is -2.10. The zero-order valence-electron chi connectivity index (χ0n) is 12.7. The molecule has 1 amide bonds. The summed E-state index contributed by atoms with van der Waals surface area (Å²) < 4.78 is 23.7. The Morgan fingerprint density at radius 1 is 1.30 bits per heavy atom. The molecule has 0 radical (unpaired) electrons. The molecule has 0 aliphatic heterocycles. The predicted octanol–water partition coefficient (Wildman–Crippen LogP) is 1.50. The van der Waals surface area contributed by atoms with Gasteiger partial charge in [-0.15, -0.1) is 0 Å². The average Bonchev–Trinajstić information content (AvgIpc) is 2.56. The van der Waals surface area contributed by atoms with Gasteiger partial charge in [0.15, 0.2) is 23.1 Å². The van der Waals surface area contributed by atoms with Crippen LogP contribution >= 0.6 is 0 Å². The number of rotatable bonds is 6. The highest BCUT2D eigenvalue weighted by molar-refractivity contribution is 5.89. The molecular formula is C15H16FN3O4. The number of halogens is 1. The summed E-state index contributed by atoms with van der Waals surface area (Å²) in [7, 11) is 3.06. The molecule has 0 atom stereocenters. The number of carbonyl (C=O) groups excluding carboxylic acids is 1. The molecule has 8 heteroatoms. The van der Waals surface area contributed by atoms with Crippen molar-refractivity contribution in [3.63, 3.8) is 0 Å². The number of hydrogen-bond donors (Lipinski definition) is 2. The van der Waals surface area contributed by atoms with Crippen molar-refractivity contribution < 1.29 is 18.7 Å². The average molecular weight is 321 g/mol. The van der Waals surface area contributed by atoms with E-state index in [4.69, 9.17) is 9.47 Å². The number of benzene rings is 1. The quantitative estimate of drug-likeness (QED) is 0.841. The number of nitrogens with one attached hydrogen (secondary N) is 2. The molecule has 122 valence electrons. The molecule has 0 saturated heterocycles. The molecule has 1 aromatic heterocycles. The minimum absolute atomic E-state index is 0.110. The van der Waals surface area contributed by atoms with Gasteiger partial charge >= 0.3 is 5.69 Å².